The average Bonchev–Trinajstić information content (AvgIpc) is 3.14. The number of unbranched alkanes of at least 4 members (excludes halogenated alkanes) is 7. The summed E-state index contributed by atoms with van der Waals surface area (Å²) >= 11 is 0. The predicted octanol–water partition coefficient (Wildman–Crippen LogP) is 9.55. The van der Waals surface area contributed by atoms with Crippen LogP contribution in [0.15, 0.2) is 85.1 Å². The number of rotatable bonds is 35. The van der Waals surface area contributed by atoms with Crippen molar-refractivity contribution in [1.82, 2.24) is 5.32 Å². The lowest BCUT2D eigenvalue weighted by Gasteiger charge is -2.18. The molecule has 11 nitrogen and oxygen atoms in total. The van der Waals surface area contributed by atoms with Gasteiger partial charge in [-0.1, -0.05) is 125 Å². The maximum atomic E-state index is 12.3. The summed E-state index contributed by atoms with van der Waals surface area (Å²) < 4.78 is 26.7. The highest BCUT2D eigenvalue weighted by molar-refractivity contribution is 7.47. The van der Waals surface area contributed by atoms with Crippen molar-refractivity contribution in [2.24, 2.45) is 0 Å². The molecule has 54 heavy (non-hydrogen) atoms. The Bertz CT molecular complexity index is 1240. The van der Waals surface area contributed by atoms with E-state index in [1.54, 1.807) is 0 Å². The van der Waals surface area contributed by atoms with E-state index in [0.29, 0.717) is 19.3 Å². The van der Waals surface area contributed by atoms with Crippen molar-refractivity contribution in [2.75, 3.05) is 19.8 Å². The molecule has 0 fully saturated rings. The summed E-state index contributed by atoms with van der Waals surface area (Å²) in [6.07, 6.45) is 43.4. The molecular weight excluding hydrogens is 709 g/mol. The van der Waals surface area contributed by atoms with Gasteiger partial charge in [-0.3, -0.25) is 18.6 Å². The predicted molar refractivity (Wildman–Crippen MR) is 217 cm³/mol. The molecule has 0 heterocycles. The Morgan fingerprint density at radius 3 is 1.65 bits per heavy atom. The molecule has 0 aliphatic heterocycles. The molecule has 3 atom stereocenters. The van der Waals surface area contributed by atoms with Gasteiger partial charge in [-0.2, -0.15) is 0 Å². The van der Waals surface area contributed by atoms with E-state index in [-0.39, 0.29) is 12.8 Å². The molecule has 0 aromatic heterocycles. The minimum absolute atomic E-state index is 0.0613. The summed E-state index contributed by atoms with van der Waals surface area (Å²) in [5, 5.41) is 21.7. The number of carbonyl (C=O) groups excluding carboxylic acids is 2. The Balaban J connectivity index is 4.08. The van der Waals surface area contributed by atoms with Gasteiger partial charge < -0.3 is 25.2 Å². The quantitative estimate of drug-likeness (QED) is 0.0210. The molecule has 0 saturated heterocycles. The second-order valence-electron chi connectivity index (χ2n) is 12.7. The number of phosphoric ester groups is 1. The highest BCUT2D eigenvalue weighted by Gasteiger charge is 2.28. The van der Waals surface area contributed by atoms with Crippen LogP contribution in [0.4, 0.5) is 0 Å². The monoisotopic (exact) mass is 777 g/mol. The number of carboxylic acids is 1. The Kier molecular flexibility index (Phi) is 34.4. The molecule has 0 aliphatic carbocycles. The summed E-state index contributed by atoms with van der Waals surface area (Å²) in [7, 11) is -4.78. The summed E-state index contributed by atoms with van der Waals surface area (Å²) in [6.45, 7) is 2.32. The smallest absolute Gasteiger partial charge is 0.472 e. The van der Waals surface area contributed by atoms with Gasteiger partial charge in [0.2, 0.25) is 5.91 Å². The third kappa shape index (κ3) is 35.7. The van der Waals surface area contributed by atoms with Crippen molar-refractivity contribution >= 4 is 25.7 Å². The maximum Gasteiger partial charge on any atom is 0.472 e. The molecule has 0 radical (unpaired) electrons. The van der Waals surface area contributed by atoms with E-state index in [4.69, 9.17) is 13.8 Å². The third-order valence-electron chi connectivity index (χ3n) is 7.65. The van der Waals surface area contributed by atoms with Crippen molar-refractivity contribution in [2.45, 2.75) is 142 Å². The van der Waals surface area contributed by atoms with Crippen molar-refractivity contribution in [1.29, 1.82) is 0 Å². The fourth-order valence-corrected chi connectivity index (χ4v) is 5.39. The molecule has 12 heteroatoms. The summed E-state index contributed by atoms with van der Waals surface area (Å²) in [6, 6.07) is -1.58. The minimum atomic E-state index is -4.78. The molecule has 306 valence electrons. The number of phosphoric acid groups is 1. The molecule has 0 bridgehead atoms. The van der Waals surface area contributed by atoms with Crippen LogP contribution in [0.25, 0.3) is 0 Å². The van der Waals surface area contributed by atoms with Gasteiger partial charge in [0, 0.05) is 12.8 Å². The third-order valence-corrected chi connectivity index (χ3v) is 8.60. The van der Waals surface area contributed by atoms with Crippen LogP contribution < -0.4 is 5.32 Å². The number of allylic oxidation sites excluding steroid dienone is 14. The Labute approximate surface area is 324 Å². The fourth-order valence-electron chi connectivity index (χ4n) is 4.62. The summed E-state index contributed by atoms with van der Waals surface area (Å²) in [5.41, 5.74) is 0. The number of aliphatic hydroxyl groups is 1. The van der Waals surface area contributed by atoms with Crippen LogP contribution in [-0.4, -0.2) is 64.9 Å². The lowest BCUT2D eigenvalue weighted by Crippen LogP contribution is -2.43. The van der Waals surface area contributed by atoms with Crippen LogP contribution in [0.1, 0.15) is 129 Å². The first-order valence-corrected chi connectivity index (χ1v) is 21.1. The molecule has 4 N–H and O–H groups in total. The summed E-state index contributed by atoms with van der Waals surface area (Å²) in [5.74, 6) is -2.49. The lowest BCUT2D eigenvalue weighted by atomic mass is 10.1. The first-order valence-electron chi connectivity index (χ1n) is 19.6. The lowest BCUT2D eigenvalue weighted by molar-refractivity contribution is -0.147. The zero-order chi connectivity index (χ0) is 40.0. The van der Waals surface area contributed by atoms with Crippen LogP contribution in [-0.2, 0) is 32.7 Å². The number of hydrogen-bond acceptors (Lipinski definition) is 8. The molecule has 0 aliphatic rings. The van der Waals surface area contributed by atoms with Gasteiger partial charge in [-0.25, -0.2) is 9.36 Å². The molecule has 0 spiro atoms. The van der Waals surface area contributed by atoms with Gasteiger partial charge in [0.05, 0.1) is 13.2 Å². The number of nitrogens with one attached hydrogen (secondary N) is 1. The number of esters is 1. The number of aliphatic carboxylic acids is 1. The Morgan fingerprint density at radius 2 is 1.09 bits per heavy atom. The molecular formula is C42H68NO10P. The van der Waals surface area contributed by atoms with Crippen molar-refractivity contribution in [3.63, 3.8) is 0 Å². The van der Waals surface area contributed by atoms with E-state index in [2.05, 4.69) is 92.1 Å². The van der Waals surface area contributed by atoms with E-state index >= 15 is 0 Å². The highest BCUT2D eigenvalue weighted by Crippen LogP contribution is 2.43. The van der Waals surface area contributed by atoms with Crippen LogP contribution in [0.5, 0.6) is 0 Å². The highest BCUT2D eigenvalue weighted by atomic mass is 31.2. The van der Waals surface area contributed by atoms with E-state index in [1.165, 1.54) is 6.42 Å². The van der Waals surface area contributed by atoms with Crippen LogP contribution >= 0.6 is 7.82 Å². The Morgan fingerprint density at radius 1 is 0.611 bits per heavy atom. The van der Waals surface area contributed by atoms with E-state index in [9.17, 15) is 34.1 Å². The van der Waals surface area contributed by atoms with Crippen molar-refractivity contribution < 1.29 is 47.8 Å². The molecule has 0 rings (SSSR count). The number of aliphatic hydroxyl groups excluding tert-OH is 1. The topological polar surface area (TPSA) is 169 Å². The molecule has 0 saturated carbocycles. The van der Waals surface area contributed by atoms with Crippen LogP contribution in [0, 0.1) is 0 Å². The minimum Gasteiger partial charge on any atom is -0.480 e. The number of carboxylic acid groups (broad SMARTS) is 1. The first-order chi connectivity index (χ1) is 26.1. The second-order valence-corrected chi connectivity index (χ2v) is 14.2. The average molecular weight is 778 g/mol. The molecule has 0 aromatic carbocycles. The van der Waals surface area contributed by atoms with Gasteiger partial charge in [-0.05, 0) is 77.0 Å². The Hall–Kier alpha value is -3.34. The first kappa shape index (κ1) is 50.7. The fraction of sp³-hybridized carbons (Fsp3) is 0.595. The normalized spacial score (nSPS) is 14.7. The number of ether oxygens (including phenoxy) is 1. The summed E-state index contributed by atoms with van der Waals surface area (Å²) in [4.78, 5) is 45.7. The molecule has 0 aromatic rings. The van der Waals surface area contributed by atoms with Gasteiger partial charge >= 0.3 is 19.8 Å². The van der Waals surface area contributed by atoms with Gasteiger partial charge in [0.25, 0.3) is 0 Å². The number of hydrogen-bond donors (Lipinski definition) is 4. The van der Waals surface area contributed by atoms with Gasteiger partial charge in [0.1, 0.15) is 12.7 Å². The van der Waals surface area contributed by atoms with Crippen molar-refractivity contribution in [3.05, 3.63) is 85.1 Å². The van der Waals surface area contributed by atoms with Gasteiger partial charge in [-0.15, -0.1) is 0 Å². The second kappa shape index (κ2) is 36.6. The van der Waals surface area contributed by atoms with Crippen LogP contribution in [0.3, 0.4) is 0 Å². The van der Waals surface area contributed by atoms with E-state index < -0.39 is 57.6 Å². The largest absolute Gasteiger partial charge is 0.480 e. The molecule has 3 unspecified atom stereocenters. The maximum absolute atomic E-state index is 12.3. The van der Waals surface area contributed by atoms with Crippen LogP contribution in [0.2, 0.25) is 0 Å². The van der Waals surface area contributed by atoms with E-state index in [1.807, 2.05) is 12.2 Å². The molecule has 1 amide bonds. The zero-order valence-corrected chi connectivity index (χ0v) is 33.6. The van der Waals surface area contributed by atoms with Gasteiger partial charge in [0.15, 0.2) is 6.04 Å². The van der Waals surface area contributed by atoms with E-state index in [0.717, 1.165) is 77.0 Å². The standard InChI is InChI=1S/C42H68NO10P/c1-3-5-7-9-11-13-15-17-18-19-20-22-23-25-27-29-31-33-40(45)43-39(42(47)48)37-53-54(49,50)52-36-38(44)35-51-41(46)34-32-30-28-26-24-21-16-14-12-10-8-6-4-2/h5,7-8,10-11,13-14,16-18,20,22,25,27,38-39,44H,3-4,6,9,12,15,19,21,23-24,26,28-37H2,1-2H3,(H,43,45)(H,47,48)(H,49,50)/b7-5-,10-8-,13-11-,16-14-,18-17-,22-20-,27-25-. The number of carbonyl (C=O) groups is 3. The van der Waals surface area contributed by atoms with Crippen molar-refractivity contribution in [3.8, 4) is 0 Å². The zero-order valence-electron chi connectivity index (χ0n) is 32.7. The number of amides is 1. The SMILES string of the molecule is CC/C=C\C/C=C\C/C=C\C/C=C\C/C=C\CCCC(=O)NC(COP(=O)(O)OCC(O)COC(=O)CCCCCCC/C=C\C/C=C\CCC)C(=O)O.